The summed E-state index contributed by atoms with van der Waals surface area (Å²) in [4.78, 5) is 15.1. The lowest BCUT2D eigenvalue weighted by Crippen LogP contribution is -2.14. The highest BCUT2D eigenvalue weighted by Crippen LogP contribution is 2.48. The molecule has 4 heterocycles. The molecule has 11 rings (SSSR count). The molecule has 0 N–H and O–H groups in total. The minimum Gasteiger partial charge on any atom is -0.312 e. The quantitative estimate of drug-likeness (QED) is 0.179. The maximum absolute atomic E-state index is 5.08. The van der Waals surface area contributed by atoms with Crippen LogP contribution in [0.15, 0.2) is 176 Å². The van der Waals surface area contributed by atoms with Crippen molar-refractivity contribution in [2.24, 2.45) is 0 Å². The second-order valence-electron chi connectivity index (χ2n) is 14.9. The van der Waals surface area contributed by atoms with Crippen LogP contribution in [0.5, 0.6) is 0 Å². The highest BCUT2D eigenvalue weighted by molar-refractivity contribution is 6.19. The van der Waals surface area contributed by atoms with Crippen molar-refractivity contribution in [2.75, 3.05) is 0 Å². The Bertz CT molecular complexity index is 3040. The predicted octanol–water partition coefficient (Wildman–Crippen LogP) is 12.2. The van der Waals surface area contributed by atoms with E-state index in [0.29, 0.717) is 17.5 Å². The maximum atomic E-state index is 5.08. The summed E-state index contributed by atoms with van der Waals surface area (Å²) < 4.78 is 4.91. The monoisotopic (exact) mass is 705 g/mol. The van der Waals surface area contributed by atoms with E-state index in [-0.39, 0.29) is 5.41 Å². The van der Waals surface area contributed by atoms with E-state index in [2.05, 4.69) is 138 Å². The molecule has 1 aliphatic heterocycles. The number of rotatable bonds is 5. The Morgan fingerprint density at radius 2 is 0.964 bits per heavy atom. The van der Waals surface area contributed by atoms with Crippen LogP contribution < -0.4 is 0 Å². The minimum absolute atomic E-state index is 0.134. The summed E-state index contributed by atoms with van der Waals surface area (Å²) in [6.45, 7) is 4.68. The lowest BCUT2D eigenvalue weighted by molar-refractivity contribution is 0.645. The number of aromatic nitrogens is 5. The van der Waals surface area contributed by atoms with E-state index in [4.69, 9.17) is 15.0 Å². The fourth-order valence-corrected chi connectivity index (χ4v) is 8.65. The van der Waals surface area contributed by atoms with Gasteiger partial charge >= 0.3 is 0 Å². The van der Waals surface area contributed by atoms with Crippen molar-refractivity contribution in [3.8, 4) is 56.7 Å². The van der Waals surface area contributed by atoms with Crippen LogP contribution in [0.25, 0.3) is 89.4 Å². The molecule has 0 amide bonds. The van der Waals surface area contributed by atoms with Crippen LogP contribution in [0.3, 0.4) is 0 Å². The van der Waals surface area contributed by atoms with Gasteiger partial charge in [0.15, 0.2) is 17.5 Å². The van der Waals surface area contributed by atoms with Gasteiger partial charge in [-0.15, -0.1) is 0 Å². The number of para-hydroxylation sites is 1. The normalized spacial score (nSPS) is 13.1. The first-order valence-corrected chi connectivity index (χ1v) is 18.8. The molecule has 0 aliphatic carbocycles. The van der Waals surface area contributed by atoms with Gasteiger partial charge in [0.2, 0.25) is 0 Å². The molecule has 10 aromatic rings. The molecule has 0 radical (unpaired) electrons. The summed E-state index contributed by atoms with van der Waals surface area (Å²) in [6.07, 6.45) is 0. The zero-order chi connectivity index (χ0) is 36.7. The average molecular weight is 706 g/mol. The zero-order valence-corrected chi connectivity index (χ0v) is 30.5. The van der Waals surface area contributed by atoms with Crippen molar-refractivity contribution in [1.29, 1.82) is 0 Å². The number of nitrogens with zero attached hydrogens (tertiary/aromatic N) is 5. The first kappa shape index (κ1) is 31.4. The number of hydrogen-bond donors (Lipinski definition) is 0. The lowest BCUT2D eigenvalue weighted by atomic mass is 9.83. The SMILES string of the molecule is CC1(C)c2ccccc2-n2c1cc1c2ccc2c3cc(-c4ccccc4)ccc3n(-c3cccc(-c4nc(-c5ccccc5)nc(-c5ccccc5)n4)c3)c21. The first-order chi connectivity index (χ1) is 27.0. The van der Waals surface area contributed by atoms with E-state index in [1.807, 2.05) is 60.7 Å². The molecular weight excluding hydrogens is 671 g/mol. The van der Waals surface area contributed by atoms with Gasteiger partial charge in [-0.3, -0.25) is 0 Å². The van der Waals surface area contributed by atoms with E-state index in [1.54, 1.807) is 0 Å². The summed E-state index contributed by atoms with van der Waals surface area (Å²) in [7, 11) is 0. The van der Waals surface area contributed by atoms with Gasteiger partial charge in [-0.25, -0.2) is 15.0 Å². The van der Waals surface area contributed by atoms with Crippen molar-refractivity contribution in [3.05, 3.63) is 187 Å². The van der Waals surface area contributed by atoms with E-state index in [9.17, 15) is 0 Å². The number of benzene rings is 7. The second-order valence-corrected chi connectivity index (χ2v) is 14.9. The third-order valence-electron chi connectivity index (χ3n) is 11.3. The van der Waals surface area contributed by atoms with E-state index >= 15 is 0 Å². The van der Waals surface area contributed by atoms with Crippen molar-refractivity contribution in [2.45, 2.75) is 19.3 Å². The molecule has 260 valence electrons. The highest BCUT2D eigenvalue weighted by atomic mass is 15.1. The third kappa shape index (κ3) is 4.83. The molecule has 0 unspecified atom stereocenters. The Labute approximate surface area is 318 Å². The molecule has 0 bridgehead atoms. The molecule has 0 saturated heterocycles. The summed E-state index contributed by atoms with van der Waals surface area (Å²) in [6, 6.07) is 62.4. The summed E-state index contributed by atoms with van der Waals surface area (Å²) >= 11 is 0. The average Bonchev–Trinajstić information content (AvgIpc) is 3.88. The smallest absolute Gasteiger partial charge is 0.164 e. The minimum atomic E-state index is -0.134. The summed E-state index contributed by atoms with van der Waals surface area (Å²) in [5.41, 5.74) is 13.6. The molecule has 0 saturated carbocycles. The van der Waals surface area contributed by atoms with E-state index < -0.39 is 0 Å². The van der Waals surface area contributed by atoms with Gasteiger partial charge in [0, 0.05) is 55.3 Å². The zero-order valence-electron chi connectivity index (χ0n) is 30.5. The largest absolute Gasteiger partial charge is 0.312 e. The van der Waals surface area contributed by atoms with Gasteiger partial charge in [0.05, 0.1) is 16.6 Å². The van der Waals surface area contributed by atoms with Crippen LogP contribution in [0, 0.1) is 0 Å². The Kier molecular flexibility index (Phi) is 6.83. The topological polar surface area (TPSA) is 48.5 Å². The fraction of sp³-hybridized carbons (Fsp3) is 0.0600. The molecule has 1 aliphatic rings. The van der Waals surface area contributed by atoms with Gasteiger partial charge < -0.3 is 9.13 Å². The van der Waals surface area contributed by atoms with Crippen molar-refractivity contribution in [3.63, 3.8) is 0 Å². The summed E-state index contributed by atoms with van der Waals surface area (Å²) in [5.74, 6) is 1.93. The van der Waals surface area contributed by atoms with Crippen LogP contribution >= 0.6 is 0 Å². The van der Waals surface area contributed by atoms with Crippen LogP contribution in [0.1, 0.15) is 25.1 Å². The van der Waals surface area contributed by atoms with Gasteiger partial charge in [-0.05, 0) is 59.2 Å². The highest BCUT2D eigenvalue weighted by Gasteiger charge is 2.37. The van der Waals surface area contributed by atoms with Gasteiger partial charge in [0.1, 0.15) is 0 Å². The molecule has 0 fully saturated rings. The molecule has 3 aromatic heterocycles. The molecule has 0 atom stereocenters. The van der Waals surface area contributed by atoms with Crippen molar-refractivity contribution in [1.82, 2.24) is 24.1 Å². The molecule has 7 aromatic carbocycles. The van der Waals surface area contributed by atoms with Crippen LogP contribution in [-0.4, -0.2) is 24.1 Å². The van der Waals surface area contributed by atoms with Gasteiger partial charge in [0.25, 0.3) is 0 Å². The molecule has 55 heavy (non-hydrogen) atoms. The second kappa shape index (κ2) is 12.0. The van der Waals surface area contributed by atoms with E-state index in [0.717, 1.165) is 27.9 Å². The van der Waals surface area contributed by atoms with Gasteiger partial charge in [-0.2, -0.15) is 0 Å². The van der Waals surface area contributed by atoms with Crippen molar-refractivity contribution >= 4 is 32.7 Å². The first-order valence-electron chi connectivity index (χ1n) is 18.8. The molecular formula is C50H35N5. The van der Waals surface area contributed by atoms with Crippen molar-refractivity contribution < 1.29 is 0 Å². The Morgan fingerprint density at radius 3 is 1.65 bits per heavy atom. The Hall–Kier alpha value is -7.11. The lowest BCUT2D eigenvalue weighted by Gasteiger charge is -2.18. The molecule has 5 heteroatoms. The molecule has 0 spiro atoms. The third-order valence-corrected chi connectivity index (χ3v) is 11.3. The fourth-order valence-electron chi connectivity index (χ4n) is 8.65. The van der Waals surface area contributed by atoms with Gasteiger partial charge in [-0.1, -0.05) is 147 Å². The Morgan fingerprint density at radius 1 is 0.400 bits per heavy atom. The Balaban J connectivity index is 1.18. The predicted molar refractivity (Wildman–Crippen MR) is 225 cm³/mol. The van der Waals surface area contributed by atoms with Crippen LogP contribution in [0.2, 0.25) is 0 Å². The van der Waals surface area contributed by atoms with Crippen LogP contribution in [0.4, 0.5) is 0 Å². The van der Waals surface area contributed by atoms with E-state index in [1.165, 1.54) is 55.3 Å². The summed E-state index contributed by atoms with van der Waals surface area (Å²) in [5, 5.41) is 3.67. The number of hydrogen-bond acceptors (Lipinski definition) is 3. The maximum Gasteiger partial charge on any atom is 0.164 e. The van der Waals surface area contributed by atoms with Crippen LogP contribution in [-0.2, 0) is 5.41 Å². The standard InChI is InChI=1S/C50H35N5/c1-50(2)41-23-12-13-24-44(41)55-43-28-26-38-39-30-35(32-15-6-3-7-16-32)25-27-42(39)54(46(38)40(43)31-45(50)55)37-22-14-21-36(29-37)49-52-47(33-17-8-4-9-18-33)51-48(53-49)34-19-10-5-11-20-34/h3-31H,1-2H3. The number of fused-ring (bicyclic) bond motifs is 9. The molecule has 5 nitrogen and oxygen atoms in total.